The fourth-order valence-electron chi connectivity index (χ4n) is 0.453. The molecule has 0 saturated heterocycles. The van der Waals surface area contributed by atoms with E-state index in [1.165, 1.54) is 0 Å². The van der Waals surface area contributed by atoms with Crippen LogP contribution in [0, 0.1) is 0 Å². The van der Waals surface area contributed by atoms with E-state index in [1.54, 1.807) is 19.3 Å². The molecule has 1 heterocycles. The van der Waals surface area contributed by atoms with Crippen LogP contribution in [-0.4, -0.2) is 7.05 Å². The van der Waals surface area contributed by atoms with Gasteiger partial charge < -0.3 is 10.1 Å². The van der Waals surface area contributed by atoms with Gasteiger partial charge in [0.1, 0.15) is 0 Å². The van der Waals surface area contributed by atoms with Gasteiger partial charge in [0.2, 0.25) is 0 Å². The molecule has 76 valence electrons. The Morgan fingerprint density at radius 1 is 1.31 bits per heavy atom. The van der Waals surface area contributed by atoms with Gasteiger partial charge in [0.15, 0.2) is 0 Å². The zero-order chi connectivity index (χ0) is 10.3. The fourth-order valence-corrected chi connectivity index (χ4v) is 0.453. The summed E-state index contributed by atoms with van der Waals surface area (Å²) in [7, 11) is 21.8. The maximum atomic E-state index is 5.03. The first-order valence-electron chi connectivity index (χ1n) is 2.93. The van der Waals surface area contributed by atoms with Crippen LogP contribution >= 0.6 is 37.7 Å². The molecule has 8 heteroatoms. The fraction of sp³-hybridized carbons (Fsp3) is 0.200. The number of nitrogens with zero attached hydrogens (tertiary/aromatic N) is 3. The molecule has 0 radical (unpaired) electrons. The van der Waals surface area contributed by atoms with Gasteiger partial charge in [-0.05, 0) is 5.82 Å². The summed E-state index contributed by atoms with van der Waals surface area (Å²) in [6, 6.07) is 3.62. The maximum absolute atomic E-state index is 5.03. The molecule has 0 aliphatic rings. The van der Waals surface area contributed by atoms with Crippen LogP contribution in [0.4, 0.5) is 5.82 Å². The SMILES string of the molecule is CN=Nc1ccc[n-]1.[Cl][W]([Cl])([Cl])[Cl]. The van der Waals surface area contributed by atoms with Gasteiger partial charge >= 0.3 is 49.6 Å². The van der Waals surface area contributed by atoms with E-state index in [4.69, 9.17) is 37.7 Å². The van der Waals surface area contributed by atoms with Gasteiger partial charge in [0.25, 0.3) is 0 Å². The summed E-state index contributed by atoms with van der Waals surface area (Å²) in [5, 5.41) is 7.22. The first-order chi connectivity index (χ1) is 5.93. The van der Waals surface area contributed by atoms with Crippen molar-refractivity contribution in [3.05, 3.63) is 18.3 Å². The second-order valence-electron chi connectivity index (χ2n) is 1.65. The van der Waals surface area contributed by atoms with Crippen LogP contribution in [0.15, 0.2) is 28.6 Å². The second-order valence-corrected chi connectivity index (χ2v) is 27.1. The first-order valence-corrected chi connectivity index (χ1v) is 17.5. The third-order valence-corrected chi connectivity index (χ3v) is 0.741. The predicted octanol–water partition coefficient (Wildman–Crippen LogP) is 4.11. The van der Waals surface area contributed by atoms with Gasteiger partial charge in [-0.25, -0.2) is 0 Å². The van der Waals surface area contributed by atoms with Gasteiger partial charge in [-0.3, -0.25) is 5.11 Å². The van der Waals surface area contributed by atoms with Crippen molar-refractivity contribution in [2.45, 2.75) is 0 Å². The Balaban J connectivity index is 0.000000252. The molecule has 0 unspecified atom stereocenters. The Bertz CT molecular complexity index is 237. The molecule has 1 aromatic heterocycles. The molecule has 0 atom stereocenters. The van der Waals surface area contributed by atoms with Crippen molar-refractivity contribution < 1.29 is 11.9 Å². The van der Waals surface area contributed by atoms with Crippen molar-refractivity contribution in [3.63, 3.8) is 0 Å². The van der Waals surface area contributed by atoms with Crippen LogP contribution in [-0.2, 0) is 11.9 Å². The molecule has 0 spiro atoms. The average Bonchev–Trinajstić information content (AvgIpc) is 2.36. The summed E-state index contributed by atoms with van der Waals surface area (Å²) in [6.07, 6.45) is 1.68. The molecule has 1 rings (SSSR count). The zero-order valence-corrected chi connectivity index (χ0v) is 12.5. The molecule has 0 fully saturated rings. The van der Waals surface area contributed by atoms with Crippen LogP contribution < -0.4 is 4.98 Å². The quantitative estimate of drug-likeness (QED) is 0.614. The minimum atomic E-state index is -3.28. The van der Waals surface area contributed by atoms with Crippen molar-refractivity contribution in [3.8, 4) is 0 Å². The summed E-state index contributed by atoms with van der Waals surface area (Å²) in [5.74, 6) is 0.674. The number of aromatic nitrogens is 1. The van der Waals surface area contributed by atoms with E-state index in [0.29, 0.717) is 5.82 Å². The average molecular weight is 434 g/mol. The summed E-state index contributed by atoms with van der Waals surface area (Å²) in [5.41, 5.74) is 0. The van der Waals surface area contributed by atoms with Gasteiger partial charge in [-0.1, -0.05) is 18.3 Å². The number of halogens is 4. The normalized spacial score (nSPS) is 12.4. The molecular weight excluding hydrogens is 428 g/mol. The van der Waals surface area contributed by atoms with E-state index < -0.39 is 11.9 Å². The molecule has 13 heavy (non-hydrogen) atoms. The van der Waals surface area contributed by atoms with Gasteiger partial charge in [-0.2, -0.15) is 0 Å². The van der Waals surface area contributed by atoms with E-state index in [-0.39, 0.29) is 0 Å². The van der Waals surface area contributed by atoms with E-state index in [1.807, 2.05) is 6.07 Å². The van der Waals surface area contributed by atoms with Crippen LogP contribution in [0.2, 0.25) is 0 Å². The summed E-state index contributed by atoms with van der Waals surface area (Å²) >= 11 is -3.28. The van der Waals surface area contributed by atoms with Crippen molar-refractivity contribution in [2.75, 3.05) is 7.05 Å². The molecule has 0 aromatic carbocycles. The Morgan fingerprint density at radius 2 is 1.85 bits per heavy atom. The third kappa shape index (κ3) is 12.7. The number of azo groups is 1. The molecule has 0 amide bonds. The van der Waals surface area contributed by atoms with E-state index in [2.05, 4.69) is 15.2 Å². The van der Waals surface area contributed by atoms with Gasteiger partial charge in [-0.15, -0.1) is 0 Å². The number of hydrogen-bond donors (Lipinski definition) is 0. The molecule has 1 aromatic rings. The van der Waals surface area contributed by atoms with E-state index in [9.17, 15) is 0 Å². The second kappa shape index (κ2) is 7.08. The van der Waals surface area contributed by atoms with Crippen LogP contribution in [0.5, 0.6) is 0 Å². The van der Waals surface area contributed by atoms with E-state index >= 15 is 0 Å². The third-order valence-electron chi connectivity index (χ3n) is 0.741. The van der Waals surface area contributed by atoms with Gasteiger partial charge in [0, 0.05) is 7.05 Å². The summed E-state index contributed by atoms with van der Waals surface area (Å²) < 4.78 is 0. The van der Waals surface area contributed by atoms with E-state index in [0.717, 1.165) is 0 Å². The molecule has 0 bridgehead atoms. The van der Waals surface area contributed by atoms with Crippen molar-refractivity contribution in [1.82, 2.24) is 4.98 Å². The molecule has 0 aliphatic carbocycles. The topological polar surface area (TPSA) is 38.8 Å². The number of rotatable bonds is 1. The Kier molecular flexibility index (Phi) is 7.47. The summed E-state index contributed by atoms with van der Waals surface area (Å²) in [6.45, 7) is 0. The molecule has 0 aliphatic heterocycles. The predicted molar refractivity (Wildman–Crippen MR) is 53.6 cm³/mol. The van der Waals surface area contributed by atoms with Crippen molar-refractivity contribution in [2.24, 2.45) is 10.2 Å². The minimum absolute atomic E-state index is 0.674. The number of hydrogen-bond acceptors (Lipinski definition) is 2. The monoisotopic (exact) mass is 432 g/mol. The summed E-state index contributed by atoms with van der Waals surface area (Å²) in [4.78, 5) is 3.85. The first kappa shape index (κ1) is 13.7. The molecule has 0 N–H and O–H groups in total. The molecule has 3 nitrogen and oxygen atoms in total. The van der Waals surface area contributed by atoms with Crippen molar-refractivity contribution >= 4 is 43.5 Å². The van der Waals surface area contributed by atoms with Crippen molar-refractivity contribution in [1.29, 1.82) is 0 Å². The van der Waals surface area contributed by atoms with Crippen LogP contribution in [0.25, 0.3) is 0 Å². The standard InChI is InChI=1S/C5H6N3.4ClH.W/c1-6-8-5-3-2-4-7-5;;;;;/h2-4H,1H3;4*1H;/q-1;;;;;+4/p-4. The zero-order valence-electron chi connectivity index (χ0n) is 6.49. The van der Waals surface area contributed by atoms with Crippen LogP contribution in [0.3, 0.4) is 0 Å². The Morgan fingerprint density at radius 3 is 2.15 bits per heavy atom. The van der Waals surface area contributed by atoms with Crippen LogP contribution in [0.1, 0.15) is 0 Å². The molecule has 0 saturated carbocycles. The Hall–Kier alpha value is 0.728. The Labute approximate surface area is 95.3 Å². The van der Waals surface area contributed by atoms with Gasteiger partial charge in [0.05, 0.1) is 0 Å². The molecular formula is C5H6Cl4N3W-.